The molecule has 0 amide bonds. The zero-order chi connectivity index (χ0) is 18.3. The fraction of sp³-hybridized carbons (Fsp3) is 0.316. The van der Waals surface area contributed by atoms with Crippen molar-refractivity contribution in [2.24, 2.45) is 16.6 Å². The van der Waals surface area contributed by atoms with Gasteiger partial charge in [-0.15, -0.1) is 0 Å². The first-order valence-electron chi connectivity index (χ1n) is 8.33. The zero-order valence-electron chi connectivity index (χ0n) is 13.9. The minimum absolute atomic E-state index is 0.113. The fourth-order valence-corrected chi connectivity index (χ4v) is 3.58. The molecule has 1 aliphatic heterocycles. The number of aliphatic imine (C=N–C) groups is 1. The molecule has 0 unspecified atom stereocenters. The summed E-state index contributed by atoms with van der Waals surface area (Å²) in [5, 5.41) is 0.468. The molecule has 1 saturated carbocycles. The van der Waals surface area contributed by atoms with E-state index in [2.05, 4.69) is 9.98 Å². The average Bonchev–Trinajstić information content (AvgIpc) is 3.31. The van der Waals surface area contributed by atoms with Crippen molar-refractivity contribution in [3.05, 3.63) is 64.2 Å². The lowest BCUT2D eigenvalue weighted by atomic mass is 9.97. The molecule has 2 atom stereocenters. The van der Waals surface area contributed by atoms with Crippen LogP contribution in [0, 0.1) is 11.7 Å². The third kappa shape index (κ3) is 3.10. The Morgan fingerprint density at radius 2 is 2.23 bits per heavy atom. The molecule has 7 heteroatoms. The predicted octanol–water partition coefficient (Wildman–Crippen LogP) is 2.90. The van der Waals surface area contributed by atoms with E-state index in [1.807, 2.05) is 0 Å². The van der Waals surface area contributed by atoms with E-state index >= 15 is 0 Å². The molecule has 134 valence electrons. The number of carbonyl (C=O) groups is 1. The highest BCUT2D eigenvalue weighted by atomic mass is 35.5. The monoisotopic (exact) mass is 373 g/mol. The summed E-state index contributed by atoms with van der Waals surface area (Å²) in [5.74, 6) is -0.0127. The molecule has 0 saturated heterocycles. The lowest BCUT2D eigenvalue weighted by Gasteiger charge is -2.15. The lowest BCUT2D eigenvalue weighted by Crippen LogP contribution is -2.20. The molecule has 2 aromatic rings. The van der Waals surface area contributed by atoms with E-state index in [1.54, 1.807) is 24.3 Å². The number of pyridine rings is 1. The summed E-state index contributed by atoms with van der Waals surface area (Å²) in [5.41, 5.74) is 6.71. The second-order valence-corrected chi connectivity index (χ2v) is 7.16. The number of amidine groups is 1. The standard InChI is InChI=1S/C19H17ClFN3O2/c20-13-2-4-16(23-8-13)17(25)6-11-1-3-15(21)14(5-11)19-7-12(19)9-26-10-18(22)24-19/h1-5,8,12H,6-7,9-10H2,(H2,22,24)/t12-,19-/m0/s1. The molecular weight excluding hydrogens is 357 g/mol. The van der Waals surface area contributed by atoms with Gasteiger partial charge in [-0.25, -0.2) is 4.39 Å². The minimum Gasteiger partial charge on any atom is -0.386 e. The zero-order valence-corrected chi connectivity index (χ0v) is 14.7. The van der Waals surface area contributed by atoms with Crippen molar-refractivity contribution >= 4 is 23.2 Å². The fourth-order valence-electron chi connectivity index (χ4n) is 3.47. The molecule has 0 spiro atoms. The van der Waals surface area contributed by atoms with Gasteiger partial charge in [-0.1, -0.05) is 17.7 Å². The smallest absolute Gasteiger partial charge is 0.185 e. The number of fused-ring (bicyclic) bond motifs is 1. The Bertz CT molecular complexity index is 900. The van der Waals surface area contributed by atoms with Crippen molar-refractivity contribution in [2.45, 2.75) is 18.4 Å². The maximum Gasteiger partial charge on any atom is 0.185 e. The first-order chi connectivity index (χ1) is 12.5. The van der Waals surface area contributed by atoms with Crippen LogP contribution in [0.25, 0.3) is 0 Å². The van der Waals surface area contributed by atoms with Gasteiger partial charge in [0.2, 0.25) is 0 Å². The molecule has 4 rings (SSSR count). The Kier molecular flexibility index (Phi) is 4.25. The predicted molar refractivity (Wildman–Crippen MR) is 95.9 cm³/mol. The second kappa shape index (κ2) is 6.45. The van der Waals surface area contributed by atoms with Crippen LogP contribution >= 0.6 is 11.6 Å². The summed E-state index contributed by atoms with van der Waals surface area (Å²) < 4.78 is 20.0. The number of ether oxygens (including phenoxy) is 1. The minimum atomic E-state index is -0.664. The Balaban J connectivity index is 1.62. The van der Waals surface area contributed by atoms with Gasteiger partial charge in [0, 0.05) is 24.1 Å². The van der Waals surface area contributed by atoms with E-state index in [0.29, 0.717) is 40.7 Å². The van der Waals surface area contributed by atoms with Crippen LogP contribution in [0.5, 0.6) is 0 Å². The van der Waals surface area contributed by atoms with Crippen LogP contribution < -0.4 is 5.73 Å². The van der Waals surface area contributed by atoms with Crippen LogP contribution in [0.15, 0.2) is 41.5 Å². The molecule has 2 aliphatic rings. The van der Waals surface area contributed by atoms with Crippen molar-refractivity contribution in [1.82, 2.24) is 4.98 Å². The molecule has 0 radical (unpaired) electrons. The summed E-state index contributed by atoms with van der Waals surface area (Å²) in [7, 11) is 0. The number of Topliss-reactive ketones (excluding diaryl/α,β-unsaturated/α-hetero) is 1. The third-order valence-electron chi connectivity index (χ3n) is 4.86. The number of carbonyl (C=O) groups excluding carboxylic acids is 1. The van der Waals surface area contributed by atoms with Crippen molar-refractivity contribution in [1.29, 1.82) is 0 Å². The quantitative estimate of drug-likeness (QED) is 0.836. The number of nitrogens with zero attached hydrogens (tertiary/aromatic N) is 2. The van der Waals surface area contributed by atoms with Crippen LogP contribution in [0.2, 0.25) is 5.02 Å². The highest BCUT2D eigenvalue weighted by Crippen LogP contribution is 2.57. The normalized spacial score (nSPS) is 24.4. The third-order valence-corrected chi connectivity index (χ3v) is 5.08. The molecule has 1 fully saturated rings. The Morgan fingerprint density at radius 1 is 1.38 bits per heavy atom. The van der Waals surface area contributed by atoms with E-state index in [9.17, 15) is 9.18 Å². The molecule has 2 N–H and O–H groups in total. The molecule has 26 heavy (non-hydrogen) atoms. The highest BCUT2D eigenvalue weighted by molar-refractivity contribution is 6.30. The SMILES string of the molecule is NC1=N[C@@]2(c3cc(CC(=O)c4ccc(Cl)cn4)ccc3F)C[C@H]2COC1. The van der Waals surface area contributed by atoms with Gasteiger partial charge < -0.3 is 10.5 Å². The Morgan fingerprint density at radius 3 is 3.00 bits per heavy atom. The number of ketones is 1. The number of hydrogen-bond acceptors (Lipinski definition) is 5. The average molecular weight is 374 g/mol. The molecule has 0 bridgehead atoms. The first kappa shape index (κ1) is 17.1. The van der Waals surface area contributed by atoms with Crippen LogP contribution in [-0.4, -0.2) is 29.8 Å². The van der Waals surface area contributed by atoms with Crippen LogP contribution in [0.3, 0.4) is 0 Å². The van der Waals surface area contributed by atoms with Gasteiger partial charge in [0.25, 0.3) is 0 Å². The maximum absolute atomic E-state index is 14.5. The van der Waals surface area contributed by atoms with Gasteiger partial charge in [-0.3, -0.25) is 14.8 Å². The molecule has 1 aromatic carbocycles. The van der Waals surface area contributed by atoms with Crippen LogP contribution in [0.4, 0.5) is 4.39 Å². The molecular formula is C19H17ClFN3O2. The van der Waals surface area contributed by atoms with E-state index in [-0.39, 0.29) is 30.5 Å². The van der Waals surface area contributed by atoms with E-state index in [1.165, 1.54) is 12.3 Å². The Hall–Kier alpha value is -2.31. The topological polar surface area (TPSA) is 77.6 Å². The molecule has 1 aromatic heterocycles. The van der Waals surface area contributed by atoms with Crippen LogP contribution in [-0.2, 0) is 16.7 Å². The van der Waals surface area contributed by atoms with E-state index in [0.717, 1.165) is 0 Å². The largest absolute Gasteiger partial charge is 0.386 e. The van der Waals surface area contributed by atoms with Gasteiger partial charge in [-0.05, 0) is 36.2 Å². The van der Waals surface area contributed by atoms with Crippen molar-refractivity contribution in [3.8, 4) is 0 Å². The van der Waals surface area contributed by atoms with Crippen molar-refractivity contribution in [2.75, 3.05) is 13.2 Å². The van der Waals surface area contributed by atoms with Gasteiger partial charge in [0.15, 0.2) is 5.78 Å². The van der Waals surface area contributed by atoms with E-state index in [4.69, 9.17) is 22.1 Å². The van der Waals surface area contributed by atoms with Crippen molar-refractivity contribution in [3.63, 3.8) is 0 Å². The van der Waals surface area contributed by atoms with Gasteiger partial charge in [0.05, 0.1) is 17.2 Å². The Labute approximate surface area is 155 Å². The number of rotatable bonds is 4. The lowest BCUT2D eigenvalue weighted by molar-refractivity contribution is 0.0988. The van der Waals surface area contributed by atoms with Gasteiger partial charge >= 0.3 is 0 Å². The summed E-state index contributed by atoms with van der Waals surface area (Å²) in [6, 6.07) is 7.91. The number of hydrogen-bond donors (Lipinski definition) is 1. The summed E-state index contributed by atoms with van der Waals surface area (Å²) in [4.78, 5) is 21.0. The first-order valence-corrected chi connectivity index (χ1v) is 8.71. The summed E-state index contributed by atoms with van der Waals surface area (Å²) in [6.07, 6.45) is 2.25. The number of nitrogens with two attached hydrogens (primary N) is 1. The van der Waals surface area contributed by atoms with E-state index < -0.39 is 5.54 Å². The number of aromatic nitrogens is 1. The molecule has 2 heterocycles. The van der Waals surface area contributed by atoms with Crippen LogP contribution in [0.1, 0.15) is 28.0 Å². The number of benzene rings is 1. The van der Waals surface area contributed by atoms with Crippen molar-refractivity contribution < 1.29 is 13.9 Å². The maximum atomic E-state index is 14.5. The summed E-state index contributed by atoms with van der Waals surface area (Å²) >= 11 is 5.80. The second-order valence-electron chi connectivity index (χ2n) is 6.72. The number of halogens is 2. The highest BCUT2D eigenvalue weighted by Gasteiger charge is 2.58. The molecule has 1 aliphatic carbocycles. The molecule has 5 nitrogen and oxygen atoms in total. The van der Waals surface area contributed by atoms with Gasteiger partial charge in [0.1, 0.15) is 24.0 Å². The van der Waals surface area contributed by atoms with Gasteiger partial charge in [-0.2, -0.15) is 0 Å². The summed E-state index contributed by atoms with van der Waals surface area (Å²) in [6.45, 7) is 0.766.